The van der Waals surface area contributed by atoms with Crippen LogP contribution in [0.1, 0.15) is 60.9 Å². The molecule has 166 valence electrons. The van der Waals surface area contributed by atoms with Crippen molar-refractivity contribution < 1.29 is 19.4 Å². The molecule has 0 fully saturated rings. The number of benzene rings is 1. The average molecular weight is 452 g/mol. The maximum absolute atomic E-state index is 12.3. The number of hydrogen-bond acceptors (Lipinski definition) is 5. The van der Waals surface area contributed by atoms with Gasteiger partial charge in [-0.1, -0.05) is 0 Å². The number of methoxy groups -OCH3 is 1. The van der Waals surface area contributed by atoms with Crippen molar-refractivity contribution in [3.05, 3.63) is 68.9 Å². The van der Waals surface area contributed by atoms with E-state index < -0.39 is 5.97 Å². The quantitative estimate of drug-likeness (QED) is 0.426. The highest BCUT2D eigenvalue weighted by atomic mass is 32.1. The van der Waals surface area contributed by atoms with Crippen LogP contribution in [0.4, 0.5) is 0 Å². The Morgan fingerprint density at radius 3 is 2.59 bits per heavy atom. The Balaban J connectivity index is 1.59. The van der Waals surface area contributed by atoms with E-state index in [0.717, 1.165) is 53.2 Å². The number of amides is 1. The molecule has 1 aliphatic carbocycles. The second kappa shape index (κ2) is 9.00. The van der Waals surface area contributed by atoms with E-state index >= 15 is 0 Å². The van der Waals surface area contributed by atoms with Gasteiger partial charge in [-0.3, -0.25) is 4.79 Å². The van der Waals surface area contributed by atoms with E-state index in [1.54, 1.807) is 48.9 Å². The van der Waals surface area contributed by atoms with Crippen LogP contribution >= 0.6 is 11.3 Å². The zero-order valence-corrected chi connectivity index (χ0v) is 19.1. The van der Waals surface area contributed by atoms with E-state index in [9.17, 15) is 14.7 Å². The zero-order chi connectivity index (χ0) is 22.8. The summed E-state index contributed by atoms with van der Waals surface area (Å²) in [7, 11) is 1.57. The number of hydrogen-bond donors (Lipinski definition) is 2. The molecule has 0 saturated carbocycles. The van der Waals surface area contributed by atoms with Gasteiger partial charge in [-0.15, -0.1) is 11.3 Å². The van der Waals surface area contributed by atoms with Crippen LogP contribution in [-0.2, 0) is 12.8 Å². The van der Waals surface area contributed by atoms with Crippen LogP contribution in [0.2, 0.25) is 0 Å². The molecular formula is C24H25N3O4S. The number of aromatic nitrogens is 1. The van der Waals surface area contributed by atoms with Crippen LogP contribution in [0.15, 0.2) is 35.4 Å². The predicted octanol–water partition coefficient (Wildman–Crippen LogP) is 4.51. The Labute approximate surface area is 190 Å². The summed E-state index contributed by atoms with van der Waals surface area (Å²) in [6.07, 6.45) is 5.47. The highest BCUT2D eigenvalue weighted by Crippen LogP contribution is 2.38. The maximum atomic E-state index is 12.3. The number of aromatic carboxylic acids is 1. The number of carboxylic acids is 1. The van der Waals surface area contributed by atoms with Crippen LogP contribution < -0.4 is 10.2 Å². The molecule has 1 amide bonds. The van der Waals surface area contributed by atoms with Gasteiger partial charge >= 0.3 is 5.97 Å². The van der Waals surface area contributed by atoms with Crippen LogP contribution in [0, 0.1) is 13.8 Å². The van der Waals surface area contributed by atoms with Crippen LogP contribution in [0.25, 0.3) is 5.00 Å². The number of carbonyl (C=O) groups is 2. The van der Waals surface area contributed by atoms with E-state index in [4.69, 9.17) is 4.74 Å². The first kappa shape index (κ1) is 21.8. The lowest BCUT2D eigenvalue weighted by Gasteiger charge is -2.11. The topological polar surface area (TPSA) is 92.9 Å². The molecule has 4 rings (SSSR count). The minimum Gasteiger partial charge on any atom is -0.497 e. The lowest BCUT2D eigenvalue weighted by molar-refractivity contribution is 0.0695. The minimum absolute atomic E-state index is 0.322. The molecule has 8 heteroatoms. The number of carbonyl (C=O) groups excluding carboxylic acids is 1. The molecular weight excluding hydrogens is 426 g/mol. The van der Waals surface area contributed by atoms with Gasteiger partial charge in [-0.25, -0.2) is 10.2 Å². The Kier molecular flexibility index (Phi) is 6.14. The van der Waals surface area contributed by atoms with Gasteiger partial charge in [-0.2, -0.15) is 5.10 Å². The average Bonchev–Trinajstić information content (AvgIpc) is 3.30. The molecule has 0 bridgehead atoms. The first-order valence-electron chi connectivity index (χ1n) is 10.4. The van der Waals surface area contributed by atoms with Crippen molar-refractivity contribution >= 4 is 29.4 Å². The van der Waals surface area contributed by atoms with Crippen molar-refractivity contribution in [3.63, 3.8) is 0 Å². The Morgan fingerprint density at radius 1 is 1.19 bits per heavy atom. The fraction of sp³-hybridized carbons (Fsp3) is 0.292. The SMILES string of the molecule is COc1ccc(C(=O)NN=Cc2cc(C)n(-c3sc4c(c3C(=O)O)CCCC4)c2C)cc1. The van der Waals surface area contributed by atoms with Crippen LogP contribution in [-0.4, -0.2) is 34.9 Å². The summed E-state index contributed by atoms with van der Waals surface area (Å²) in [5.41, 5.74) is 7.04. The number of hydrazone groups is 1. The van der Waals surface area contributed by atoms with Crippen molar-refractivity contribution in [2.24, 2.45) is 5.10 Å². The summed E-state index contributed by atoms with van der Waals surface area (Å²) < 4.78 is 7.09. The zero-order valence-electron chi connectivity index (χ0n) is 18.3. The van der Waals surface area contributed by atoms with E-state index in [1.165, 1.54) is 4.88 Å². The third-order valence-corrected chi connectivity index (χ3v) is 7.04. The molecule has 0 saturated heterocycles. The van der Waals surface area contributed by atoms with E-state index in [0.29, 0.717) is 16.9 Å². The van der Waals surface area contributed by atoms with Crippen molar-refractivity contribution in [2.75, 3.05) is 7.11 Å². The van der Waals surface area contributed by atoms with E-state index in [-0.39, 0.29) is 5.91 Å². The van der Waals surface area contributed by atoms with Crippen molar-refractivity contribution in [2.45, 2.75) is 39.5 Å². The molecule has 7 nitrogen and oxygen atoms in total. The summed E-state index contributed by atoms with van der Waals surface area (Å²) in [5.74, 6) is -0.529. The lowest BCUT2D eigenvalue weighted by Crippen LogP contribution is -2.17. The summed E-state index contributed by atoms with van der Waals surface area (Å²) in [4.78, 5) is 25.6. The lowest BCUT2D eigenvalue weighted by atomic mass is 9.95. The first-order chi connectivity index (χ1) is 15.4. The number of nitrogens with zero attached hydrogens (tertiary/aromatic N) is 2. The molecule has 0 radical (unpaired) electrons. The molecule has 0 atom stereocenters. The van der Waals surface area contributed by atoms with Gasteiger partial charge in [0.25, 0.3) is 5.91 Å². The molecule has 32 heavy (non-hydrogen) atoms. The smallest absolute Gasteiger partial charge is 0.339 e. The Morgan fingerprint density at radius 2 is 1.91 bits per heavy atom. The molecule has 2 aromatic heterocycles. The number of thiophene rings is 1. The van der Waals surface area contributed by atoms with Crippen LogP contribution in [0.3, 0.4) is 0 Å². The van der Waals surface area contributed by atoms with Crippen molar-refractivity contribution in [3.8, 4) is 10.8 Å². The molecule has 3 aromatic rings. The number of rotatable bonds is 6. The van der Waals surface area contributed by atoms with Gasteiger partial charge in [0.1, 0.15) is 10.8 Å². The number of nitrogens with one attached hydrogen (secondary N) is 1. The summed E-state index contributed by atoms with van der Waals surface area (Å²) in [5, 5.41) is 14.8. The molecule has 0 spiro atoms. The second-order valence-electron chi connectivity index (χ2n) is 7.79. The molecule has 0 aliphatic heterocycles. The van der Waals surface area contributed by atoms with Gasteiger partial charge in [0, 0.05) is 27.4 Å². The second-order valence-corrected chi connectivity index (χ2v) is 8.87. The fourth-order valence-corrected chi connectivity index (χ4v) is 5.62. The molecule has 2 N–H and O–H groups in total. The predicted molar refractivity (Wildman–Crippen MR) is 125 cm³/mol. The number of ether oxygens (including phenoxy) is 1. The van der Waals surface area contributed by atoms with Gasteiger partial charge < -0.3 is 14.4 Å². The monoisotopic (exact) mass is 451 g/mol. The van der Waals surface area contributed by atoms with E-state index in [1.807, 2.05) is 24.5 Å². The Bertz CT molecular complexity index is 1210. The van der Waals surface area contributed by atoms with Crippen molar-refractivity contribution in [1.82, 2.24) is 9.99 Å². The summed E-state index contributed by atoms with van der Waals surface area (Å²) >= 11 is 1.57. The van der Waals surface area contributed by atoms with Gasteiger partial charge in [0.15, 0.2) is 0 Å². The number of fused-ring (bicyclic) bond motifs is 1. The third kappa shape index (κ3) is 4.05. The summed E-state index contributed by atoms with van der Waals surface area (Å²) in [6.45, 7) is 3.88. The molecule has 1 aliphatic rings. The largest absolute Gasteiger partial charge is 0.497 e. The highest BCUT2D eigenvalue weighted by molar-refractivity contribution is 7.15. The third-order valence-electron chi connectivity index (χ3n) is 5.76. The van der Waals surface area contributed by atoms with E-state index in [2.05, 4.69) is 10.5 Å². The molecule has 0 unspecified atom stereocenters. The van der Waals surface area contributed by atoms with Gasteiger partial charge in [0.05, 0.1) is 18.9 Å². The number of aryl methyl sites for hydroxylation is 2. The van der Waals surface area contributed by atoms with Crippen molar-refractivity contribution in [1.29, 1.82) is 0 Å². The Hall–Kier alpha value is -3.39. The maximum Gasteiger partial charge on any atom is 0.339 e. The van der Waals surface area contributed by atoms with Gasteiger partial charge in [0.2, 0.25) is 0 Å². The standard InChI is InChI=1S/C24H25N3O4S/c1-14-12-17(13-25-26-22(28)16-8-10-18(31-3)11-9-16)15(2)27(14)23-21(24(29)30)19-6-4-5-7-20(19)32-23/h8-13H,4-7H2,1-3H3,(H,26,28)(H,29,30). The normalized spacial score (nSPS) is 13.2. The minimum atomic E-state index is -0.881. The number of carboxylic acid groups (broad SMARTS) is 1. The van der Waals surface area contributed by atoms with Gasteiger partial charge in [-0.05, 0) is 75.4 Å². The highest BCUT2D eigenvalue weighted by Gasteiger charge is 2.27. The fourth-order valence-electron chi connectivity index (χ4n) is 4.13. The first-order valence-corrected chi connectivity index (χ1v) is 11.3. The van der Waals surface area contributed by atoms with Crippen LogP contribution in [0.5, 0.6) is 5.75 Å². The molecule has 2 heterocycles. The molecule has 1 aromatic carbocycles. The summed E-state index contributed by atoms with van der Waals surface area (Å²) in [6, 6.07) is 8.71.